The standard InChI is InChI=1S/C15H14N2.C13H11F2N2.Ir/c1-3-7-14(8-4-1)16-11-12-17(13-16)15-9-5-2-6-10-15;1-17(2)10-5-6-16-13(8-10)11-4-3-9(14)7-12(11)15;/h1-9,13H,11-12H2;3,5-8H,1-2H3;/q-2;-1;+3. The first-order valence-electron chi connectivity index (χ1n) is 10.9. The molecule has 0 atom stereocenters. The van der Waals surface area contributed by atoms with E-state index in [1.54, 1.807) is 12.3 Å². The van der Waals surface area contributed by atoms with E-state index in [0.29, 0.717) is 5.69 Å². The molecule has 1 aliphatic heterocycles. The van der Waals surface area contributed by atoms with Crippen LogP contribution in [-0.4, -0.2) is 32.2 Å². The van der Waals surface area contributed by atoms with Crippen LogP contribution in [0.4, 0.5) is 25.8 Å². The predicted octanol–water partition coefficient (Wildman–Crippen LogP) is 5.82. The molecule has 0 saturated carbocycles. The molecule has 1 fully saturated rings. The molecule has 4 nitrogen and oxygen atoms in total. The molecule has 0 N–H and O–H groups in total. The van der Waals surface area contributed by atoms with E-state index in [1.165, 1.54) is 5.69 Å². The Labute approximate surface area is 219 Å². The SMILES string of the molecule is CN(C)c1ccnc(-c2[c-]cc(F)cc2F)c1.[Ir+3].[c-]1ccccc1N1[CH-]N(c2ccccc2)CC1. The Morgan fingerprint density at radius 3 is 2.34 bits per heavy atom. The largest absolute Gasteiger partial charge is 3.00 e. The quantitative estimate of drug-likeness (QED) is 0.261. The predicted molar refractivity (Wildman–Crippen MR) is 133 cm³/mol. The van der Waals surface area contributed by atoms with E-state index in [2.05, 4.69) is 63.9 Å². The number of rotatable bonds is 4. The number of para-hydroxylation sites is 2. The van der Waals surface area contributed by atoms with Gasteiger partial charge in [-0.25, -0.2) is 0 Å². The molecule has 0 amide bonds. The van der Waals surface area contributed by atoms with E-state index in [1.807, 2.05) is 49.3 Å². The molecule has 0 unspecified atom stereocenters. The van der Waals surface area contributed by atoms with Gasteiger partial charge in [-0.05, 0) is 23.9 Å². The summed E-state index contributed by atoms with van der Waals surface area (Å²) in [5.41, 5.74) is 3.88. The molecule has 0 aliphatic carbocycles. The second-order valence-corrected chi connectivity index (χ2v) is 7.92. The summed E-state index contributed by atoms with van der Waals surface area (Å²) in [6.45, 7) is 4.18. The van der Waals surface area contributed by atoms with Crippen LogP contribution in [0.5, 0.6) is 0 Å². The number of nitrogens with zero attached hydrogens (tertiary/aromatic N) is 4. The van der Waals surface area contributed by atoms with E-state index < -0.39 is 11.6 Å². The van der Waals surface area contributed by atoms with Gasteiger partial charge in [-0.1, -0.05) is 35.9 Å². The maximum Gasteiger partial charge on any atom is 3.00 e. The van der Waals surface area contributed by atoms with Crippen molar-refractivity contribution in [1.29, 1.82) is 0 Å². The molecule has 0 spiro atoms. The first-order valence-corrected chi connectivity index (χ1v) is 10.9. The fourth-order valence-electron chi connectivity index (χ4n) is 3.54. The van der Waals surface area contributed by atoms with Crippen molar-refractivity contribution < 1.29 is 28.9 Å². The fraction of sp³-hybridized carbons (Fsp3) is 0.143. The summed E-state index contributed by atoms with van der Waals surface area (Å²) in [5.74, 6) is -1.30. The Hall–Kier alpha value is -3.28. The number of anilines is 3. The molecular formula is C28H25F2IrN4. The van der Waals surface area contributed by atoms with Crippen LogP contribution in [0.1, 0.15) is 0 Å². The van der Waals surface area contributed by atoms with Gasteiger partial charge in [0.25, 0.3) is 0 Å². The normalized spacial score (nSPS) is 12.5. The molecule has 1 saturated heterocycles. The zero-order valence-corrected chi connectivity index (χ0v) is 21.8. The second-order valence-electron chi connectivity index (χ2n) is 7.92. The molecule has 4 aromatic rings. The number of aromatic nitrogens is 1. The van der Waals surface area contributed by atoms with Crippen LogP contribution in [0, 0.1) is 30.4 Å². The summed E-state index contributed by atoms with van der Waals surface area (Å²) >= 11 is 0. The van der Waals surface area contributed by atoms with Crippen molar-refractivity contribution in [3.8, 4) is 11.3 Å². The molecule has 5 rings (SSSR count). The minimum absolute atomic E-state index is 0. The second kappa shape index (κ2) is 12.4. The van der Waals surface area contributed by atoms with Gasteiger partial charge in [-0.15, -0.1) is 17.8 Å². The maximum absolute atomic E-state index is 13.5. The van der Waals surface area contributed by atoms with Crippen molar-refractivity contribution in [1.82, 2.24) is 4.98 Å². The molecule has 35 heavy (non-hydrogen) atoms. The van der Waals surface area contributed by atoms with Gasteiger partial charge < -0.3 is 19.7 Å². The number of benzene rings is 3. The molecule has 0 bridgehead atoms. The Morgan fingerprint density at radius 2 is 1.66 bits per heavy atom. The van der Waals surface area contributed by atoms with Crippen LogP contribution < -0.4 is 14.7 Å². The third kappa shape index (κ3) is 6.87. The van der Waals surface area contributed by atoms with Crippen molar-refractivity contribution in [2.45, 2.75) is 0 Å². The molecule has 180 valence electrons. The summed E-state index contributed by atoms with van der Waals surface area (Å²) in [6.07, 6.45) is 1.58. The van der Waals surface area contributed by atoms with E-state index in [4.69, 9.17) is 0 Å². The van der Waals surface area contributed by atoms with Gasteiger partial charge in [-0.3, -0.25) is 8.78 Å². The number of hydrogen-bond acceptors (Lipinski definition) is 4. The van der Waals surface area contributed by atoms with Gasteiger partial charge in [0.15, 0.2) is 0 Å². The minimum Gasteiger partial charge on any atom is -0.522 e. The zero-order valence-electron chi connectivity index (χ0n) is 19.5. The fourth-order valence-corrected chi connectivity index (χ4v) is 3.54. The Morgan fingerprint density at radius 1 is 0.914 bits per heavy atom. The third-order valence-corrected chi connectivity index (χ3v) is 5.32. The Bertz CT molecular complexity index is 1160. The van der Waals surface area contributed by atoms with Crippen LogP contribution in [0.15, 0.2) is 85.1 Å². The summed E-state index contributed by atoms with van der Waals surface area (Å²) < 4.78 is 26.3. The van der Waals surface area contributed by atoms with Crippen LogP contribution in [-0.2, 0) is 20.1 Å². The third-order valence-electron chi connectivity index (χ3n) is 5.32. The van der Waals surface area contributed by atoms with Gasteiger partial charge in [0, 0.05) is 56.4 Å². The first kappa shape index (κ1) is 26.3. The van der Waals surface area contributed by atoms with Crippen molar-refractivity contribution in [2.75, 3.05) is 41.9 Å². The van der Waals surface area contributed by atoms with Gasteiger partial charge in [0.2, 0.25) is 0 Å². The summed E-state index contributed by atoms with van der Waals surface area (Å²) in [6, 6.07) is 29.8. The van der Waals surface area contributed by atoms with Crippen molar-refractivity contribution in [3.63, 3.8) is 0 Å². The molecule has 0 radical (unpaired) electrons. The van der Waals surface area contributed by atoms with Crippen molar-refractivity contribution in [3.05, 3.63) is 115 Å². The Balaban J connectivity index is 0.000000190. The van der Waals surface area contributed by atoms with E-state index >= 15 is 0 Å². The molecular weight excluding hydrogens is 623 g/mol. The molecule has 2 heterocycles. The monoisotopic (exact) mass is 648 g/mol. The molecule has 3 aromatic carbocycles. The van der Waals surface area contributed by atoms with Gasteiger partial charge in [-0.2, -0.15) is 37.0 Å². The van der Waals surface area contributed by atoms with Gasteiger partial charge in [0.05, 0.1) is 0 Å². The van der Waals surface area contributed by atoms with E-state index in [9.17, 15) is 8.78 Å². The van der Waals surface area contributed by atoms with Crippen molar-refractivity contribution in [2.24, 2.45) is 0 Å². The Kier molecular flexibility index (Phi) is 9.35. The van der Waals surface area contributed by atoms with Crippen LogP contribution in [0.25, 0.3) is 11.3 Å². The molecule has 1 aliphatic rings. The van der Waals surface area contributed by atoms with Gasteiger partial charge >= 0.3 is 20.1 Å². The topological polar surface area (TPSA) is 22.6 Å². The number of hydrogen-bond donors (Lipinski definition) is 0. The maximum atomic E-state index is 13.5. The first-order chi connectivity index (χ1) is 16.5. The number of pyridine rings is 1. The minimum atomic E-state index is -0.659. The van der Waals surface area contributed by atoms with Crippen LogP contribution in [0.3, 0.4) is 0 Å². The van der Waals surface area contributed by atoms with E-state index in [-0.39, 0.29) is 25.7 Å². The van der Waals surface area contributed by atoms with Gasteiger partial charge in [0.1, 0.15) is 0 Å². The zero-order chi connectivity index (χ0) is 23.9. The van der Waals surface area contributed by atoms with E-state index in [0.717, 1.165) is 36.6 Å². The molecule has 7 heteroatoms. The summed E-state index contributed by atoms with van der Waals surface area (Å²) in [7, 11) is 3.76. The number of halogens is 2. The molecule has 1 aromatic heterocycles. The van der Waals surface area contributed by atoms with Crippen LogP contribution >= 0.6 is 0 Å². The average Bonchev–Trinajstić information content (AvgIpc) is 3.36. The van der Waals surface area contributed by atoms with Crippen molar-refractivity contribution >= 4 is 17.1 Å². The smallest absolute Gasteiger partial charge is 0.522 e. The average molecular weight is 648 g/mol. The van der Waals surface area contributed by atoms with Crippen LogP contribution in [0.2, 0.25) is 0 Å². The summed E-state index contributed by atoms with van der Waals surface area (Å²) in [5, 5.41) is 0. The summed E-state index contributed by atoms with van der Waals surface area (Å²) in [4.78, 5) is 10.4.